The van der Waals surface area contributed by atoms with Gasteiger partial charge in [-0.05, 0) is 79.8 Å². The molecule has 0 saturated carbocycles. The van der Waals surface area contributed by atoms with Gasteiger partial charge in [-0.25, -0.2) is 0 Å². The van der Waals surface area contributed by atoms with Crippen LogP contribution in [0, 0.1) is 25.7 Å². The molecule has 1 saturated heterocycles. The van der Waals surface area contributed by atoms with Crippen LogP contribution in [0.2, 0.25) is 0 Å². The summed E-state index contributed by atoms with van der Waals surface area (Å²) in [4.78, 5) is 55.2. The molecule has 2 aliphatic heterocycles. The molecular weight excluding hydrogens is 594 g/mol. The minimum atomic E-state index is -0.909. The van der Waals surface area contributed by atoms with Crippen molar-refractivity contribution >= 4 is 42.5 Å². The van der Waals surface area contributed by atoms with Crippen LogP contribution in [0.5, 0.6) is 0 Å². The molecule has 2 aromatic heterocycles. The van der Waals surface area contributed by atoms with Gasteiger partial charge in [0.2, 0.25) is 5.91 Å². The zero-order valence-corrected chi connectivity index (χ0v) is 27.2. The number of aliphatic carboxylic acids is 2. The second kappa shape index (κ2) is 13.8. The van der Waals surface area contributed by atoms with E-state index in [9.17, 15) is 29.4 Å². The summed E-state index contributed by atoms with van der Waals surface area (Å²) in [5.74, 6) is -2.39. The molecule has 8 N–H and O–H groups in total. The van der Waals surface area contributed by atoms with Crippen molar-refractivity contribution in [3.05, 3.63) is 74.1 Å². The number of nitrogens with two attached hydrogens (primary N) is 1. The molecule has 0 aliphatic carbocycles. The van der Waals surface area contributed by atoms with Crippen LogP contribution >= 0.6 is 12.6 Å². The van der Waals surface area contributed by atoms with E-state index in [-0.39, 0.29) is 47.8 Å². The Hall–Kier alpha value is -4.19. The van der Waals surface area contributed by atoms with Crippen LogP contribution in [0.25, 0.3) is 6.08 Å². The number of aromatic amines is 2. The van der Waals surface area contributed by atoms with Crippen LogP contribution in [-0.4, -0.2) is 55.2 Å². The molecule has 2 amide bonds. The smallest absolute Gasteiger partial charge is 0.303 e. The summed E-state index contributed by atoms with van der Waals surface area (Å²) >= 11 is 4.63. The van der Waals surface area contributed by atoms with Gasteiger partial charge in [0.05, 0.1) is 6.04 Å². The Labute approximate surface area is 268 Å². The number of hydrogen-bond acceptors (Lipinski definition) is 6. The molecule has 0 unspecified atom stereocenters. The molecule has 11 nitrogen and oxygen atoms in total. The normalized spacial score (nSPS) is 21.6. The van der Waals surface area contributed by atoms with E-state index in [4.69, 9.17) is 5.73 Å². The van der Waals surface area contributed by atoms with Gasteiger partial charge in [-0.3, -0.25) is 19.2 Å². The highest BCUT2D eigenvalue weighted by Gasteiger charge is 2.38. The Balaban J connectivity index is 1.75. The van der Waals surface area contributed by atoms with E-state index in [2.05, 4.69) is 33.2 Å². The van der Waals surface area contributed by atoms with Crippen LogP contribution in [0.3, 0.4) is 0 Å². The SMILES string of the molecule is CC1=C(/C=C\N)C(=O)N[C@@H]1Cc1[nH]c(Cc2[nH]c(/C=C3\NC(=O)[C@H](C)[C@H]3[C@H](C)S)c(C)c2CCC(=O)O)c(CCC(=O)O)c1C. The van der Waals surface area contributed by atoms with Crippen molar-refractivity contribution in [3.63, 3.8) is 0 Å². The van der Waals surface area contributed by atoms with Gasteiger partial charge in [-0.1, -0.05) is 13.8 Å². The second-order valence-corrected chi connectivity index (χ2v) is 12.9. The van der Waals surface area contributed by atoms with Gasteiger partial charge < -0.3 is 36.5 Å². The molecule has 0 aromatic carbocycles. The van der Waals surface area contributed by atoms with Gasteiger partial charge in [-0.2, -0.15) is 12.6 Å². The summed E-state index contributed by atoms with van der Waals surface area (Å²) in [5.41, 5.74) is 14.6. The molecule has 0 spiro atoms. The fourth-order valence-electron chi connectivity index (χ4n) is 6.61. The maximum Gasteiger partial charge on any atom is 0.303 e. The van der Waals surface area contributed by atoms with Gasteiger partial charge in [0.15, 0.2) is 0 Å². The molecule has 1 fully saturated rings. The summed E-state index contributed by atoms with van der Waals surface area (Å²) in [6.45, 7) is 9.61. The summed E-state index contributed by atoms with van der Waals surface area (Å²) in [6, 6.07) is -0.246. The summed E-state index contributed by atoms with van der Waals surface area (Å²) in [5, 5.41) is 24.9. The molecule has 0 radical (unpaired) electrons. The van der Waals surface area contributed by atoms with Gasteiger partial charge in [0.25, 0.3) is 5.91 Å². The zero-order valence-electron chi connectivity index (χ0n) is 26.3. The van der Waals surface area contributed by atoms with Gasteiger partial charge in [-0.15, -0.1) is 0 Å². The third kappa shape index (κ3) is 7.22. The maximum atomic E-state index is 12.5. The number of aromatic nitrogens is 2. The lowest BCUT2D eigenvalue weighted by molar-refractivity contribution is -0.138. The molecule has 2 aliphatic rings. The van der Waals surface area contributed by atoms with Crippen molar-refractivity contribution in [2.45, 2.75) is 84.4 Å². The lowest BCUT2D eigenvalue weighted by Crippen LogP contribution is -2.30. The van der Waals surface area contributed by atoms with E-state index < -0.39 is 11.9 Å². The molecule has 0 bridgehead atoms. The van der Waals surface area contributed by atoms with Crippen molar-refractivity contribution in [2.24, 2.45) is 17.6 Å². The maximum absolute atomic E-state index is 12.5. The first-order valence-electron chi connectivity index (χ1n) is 15.2. The largest absolute Gasteiger partial charge is 0.481 e. The van der Waals surface area contributed by atoms with E-state index in [1.54, 1.807) is 6.08 Å². The number of carboxylic acid groups (broad SMARTS) is 2. The average molecular weight is 638 g/mol. The lowest BCUT2D eigenvalue weighted by Gasteiger charge is -2.17. The number of thiol groups is 1. The quantitative estimate of drug-likeness (QED) is 0.154. The number of amides is 2. The zero-order chi connectivity index (χ0) is 33.2. The highest BCUT2D eigenvalue weighted by molar-refractivity contribution is 7.80. The van der Waals surface area contributed by atoms with E-state index in [1.165, 1.54) is 6.20 Å². The standard InChI is InChI=1S/C33H43N5O6S/c1-15-20(6-8-29(39)40)26(35-23(15)12-25-17(3)22(10-11-34)33(44)37-25)14-27-21(7-9-30(41)42)16(2)24(36-27)13-28-31(19(5)45)18(4)32(43)38-28/h10-11,13,18-19,25,31,35-36,45H,6-9,12,14,34H2,1-5H3,(H,37,44)(H,38,43)(H,39,40)(H,41,42)/b11-10-,28-13-/t18-,19+,25-,31+/m1/s1. The van der Waals surface area contributed by atoms with Crippen LogP contribution in [0.1, 0.15) is 78.6 Å². The number of H-pyrrole nitrogens is 2. The Morgan fingerprint density at radius 3 is 2.16 bits per heavy atom. The molecular formula is C33H43N5O6S. The molecule has 45 heavy (non-hydrogen) atoms. The molecule has 242 valence electrons. The van der Waals surface area contributed by atoms with Crippen molar-refractivity contribution in [1.29, 1.82) is 0 Å². The first-order chi connectivity index (χ1) is 21.2. The second-order valence-electron chi connectivity index (χ2n) is 12.1. The van der Waals surface area contributed by atoms with Gasteiger partial charge >= 0.3 is 11.9 Å². The number of hydrogen-bond donors (Lipinski definition) is 8. The van der Waals surface area contributed by atoms with Crippen LogP contribution < -0.4 is 16.4 Å². The van der Waals surface area contributed by atoms with Crippen LogP contribution in [-0.2, 0) is 44.9 Å². The molecule has 4 heterocycles. The third-order valence-electron chi connectivity index (χ3n) is 9.18. The fraction of sp³-hybridized carbons (Fsp3) is 0.455. The predicted octanol–water partition coefficient (Wildman–Crippen LogP) is 3.46. The van der Waals surface area contributed by atoms with E-state index in [0.29, 0.717) is 31.3 Å². The van der Waals surface area contributed by atoms with Gasteiger partial charge in [0.1, 0.15) is 0 Å². The summed E-state index contributed by atoms with van der Waals surface area (Å²) in [6.07, 6.45) is 6.23. The number of carboxylic acids is 2. The Morgan fingerprint density at radius 2 is 1.58 bits per heavy atom. The Morgan fingerprint density at radius 1 is 0.978 bits per heavy atom. The van der Waals surface area contributed by atoms with E-state index >= 15 is 0 Å². The van der Waals surface area contributed by atoms with E-state index in [0.717, 1.165) is 56.3 Å². The van der Waals surface area contributed by atoms with Crippen molar-refractivity contribution in [3.8, 4) is 0 Å². The minimum absolute atomic E-state index is 0.0518. The number of carbonyl (C=O) groups is 4. The number of rotatable bonds is 13. The first-order valence-corrected chi connectivity index (χ1v) is 15.7. The Bertz CT molecular complexity index is 1610. The molecule has 4 rings (SSSR count). The lowest BCUT2D eigenvalue weighted by atomic mass is 9.91. The molecule has 12 heteroatoms. The van der Waals surface area contributed by atoms with E-state index in [1.807, 2.05) is 40.7 Å². The number of nitrogens with one attached hydrogen (secondary N) is 4. The minimum Gasteiger partial charge on any atom is -0.481 e. The summed E-state index contributed by atoms with van der Waals surface area (Å²) in [7, 11) is 0. The predicted molar refractivity (Wildman–Crippen MR) is 175 cm³/mol. The third-order valence-corrected chi connectivity index (χ3v) is 9.50. The highest BCUT2D eigenvalue weighted by atomic mass is 32.1. The first kappa shape index (κ1) is 33.7. The Kier molecular flexibility index (Phi) is 10.4. The monoisotopic (exact) mass is 637 g/mol. The van der Waals surface area contributed by atoms with Gasteiger partial charge in [0, 0.05) is 76.8 Å². The molecule has 4 atom stereocenters. The van der Waals surface area contributed by atoms with Crippen molar-refractivity contribution < 1.29 is 29.4 Å². The topological polar surface area (TPSA) is 190 Å². The average Bonchev–Trinajstić information content (AvgIpc) is 3.60. The molecule has 2 aromatic rings. The number of allylic oxidation sites excluding steroid dienone is 1. The van der Waals surface area contributed by atoms with Crippen LogP contribution in [0.15, 0.2) is 29.1 Å². The summed E-state index contributed by atoms with van der Waals surface area (Å²) < 4.78 is 0. The number of carbonyl (C=O) groups excluding carboxylic acids is 2. The van der Waals surface area contributed by atoms with Crippen LogP contribution in [0.4, 0.5) is 0 Å². The van der Waals surface area contributed by atoms with Crippen molar-refractivity contribution in [1.82, 2.24) is 20.6 Å². The highest BCUT2D eigenvalue weighted by Crippen LogP contribution is 2.35. The fourth-order valence-corrected chi connectivity index (χ4v) is 7.03. The van der Waals surface area contributed by atoms with Crippen molar-refractivity contribution in [2.75, 3.05) is 0 Å².